The van der Waals surface area contributed by atoms with Gasteiger partial charge < -0.3 is 19.2 Å². The number of aryl methyl sites for hydroxylation is 2. The second-order valence-electron chi connectivity index (χ2n) is 10.7. The van der Waals surface area contributed by atoms with Crippen LogP contribution in [-0.2, 0) is 17.8 Å². The SMILES string of the molecule is Cc1c(CCC(=O)N2CC[C@]3(O)CCCC[C@H]3C2)c(=O)oc2c(C)c(OCc3ccc(Br)cc3F)ccc12. The Morgan fingerprint density at radius 2 is 2.03 bits per heavy atom. The van der Waals surface area contributed by atoms with E-state index < -0.39 is 11.2 Å². The first-order valence-corrected chi connectivity index (χ1v) is 14.1. The third-order valence-electron chi connectivity index (χ3n) is 8.42. The normalized spacial score (nSPS) is 21.4. The molecule has 2 aliphatic rings. The van der Waals surface area contributed by atoms with Crippen LogP contribution in [0.4, 0.5) is 4.39 Å². The van der Waals surface area contributed by atoms with Crippen LogP contribution in [0.2, 0.25) is 0 Å². The maximum absolute atomic E-state index is 14.2. The van der Waals surface area contributed by atoms with Gasteiger partial charge in [0, 0.05) is 52.0 Å². The van der Waals surface area contributed by atoms with Crippen LogP contribution in [-0.4, -0.2) is 34.6 Å². The molecule has 2 fully saturated rings. The highest BCUT2D eigenvalue weighted by Crippen LogP contribution is 2.40. The number of benzene rings is 2. The number of aliphatic hydroxyl groups is 1. The quantitative estimate of drug-likeness (QED) is 0.360. The van der Waals surface area contributed by atoms with Crippen molar-refractivity contribution in [2.45, 2.75) is 71.0 Å². The molecule has 1 saturated heterocycles. The van der Waals surface area contributed by atoms with Gasteiger partial charge in [-0.05, 0) is 69.4 Å². The number of nitrogens with zero attached hydrogens (tertiary/aromatic N) is 1. The second kappa shape index (κ2) is 10.8. The predicted molar refractivity (Wildman–Crippen MR) is 147 cm³/mol. The molecule has 1 aliphatic heterocycles. The summed E-state index contributed by atoms with van der Waals surface area (Å²) in [6, 6.07) is 8.45. The lowest BCUT2D eigenvalue weighted by Crippen LogP contribution is -2.54. The number of carbonyl (C=O) groups excluding carboxylic acids is 1. The molecular formula is C30H33BrFNO5. The van der Waals surface area contributed by atoms with E-state index in [0.717, 1.165) is 36.6 Å². The fourth-order valence-corrected chi connectivity index (χ4v) is 6.33. The van der Waals surface area contributed by atoms with Gasteiger partial charge in [0.15, 0.2) is 0 Å². The van der Waals surface area contributed by atoms with E-state index in [1.54, 1.807) is 18.2 Å². The molecule has 6 nitrogen and oxygen atoms in total. The van der Waals surface area contributed by atoms with Crippen molar-refractivity contribution in [2.24, 2.45) is 5.92 Å². The Hall–Kier alpha value is -2.71. The lowest BCUT2D eigenvalue weighted by atomic mass is 9.71. The molecule has 0 spiro atoms. The summed E-state index contributed by atoms with van der Waals surface area (Å²) < 4.78 is 26.4. The molecule has 1 aliphatic carbocycles. The zero-order valence-electron chi connectivity index (χ0n) is 21.8. The summed E-state index contributed by atoms with van der Waals surface area (Å²) in [5, 5.41) is 11.7. The van der Waals surface area contributed by atoms with Gasteiger partial charge in [-0.1, -0.05) is 34.8 Å². The molecule has 1 amide bonds. The van der Waals surface area contributed by atoms with Crippen molar-refractivity contribution in [3.05, 3.63) is 73.3 Å². The highest BCUT2D eigenvalue weighted by molar-refractivity contribution is 9.10. The second-order valence-corrected chi connectivity index (χ2v) is 11.6. The third kappa shape index (κ3) is 5.25. The third-order valence-corrected chi connectivity index (χ3v) is 8.91. The fraction of sp³-hybridized carbons (Fsp3) is 0.467. The molecule has 5 rings (SSSR count). The van der Waals surface area contributed by atoms with E-state index in [4.69, 9.17) is 9.15 Å². The number of hydrogen-bond acceptors (Lipinski definition) is 5. The predicted octanol–water partition coefficient (Wildman–Crippen LogP) is 5.98. The van der Waals surface area contributed by atoms with Crippen LogP contribution in [0.1, 0.15) is 60.8 Å². The molecule has 8 heteroatoms. The van der Waals surface area contributed by atoms with Crippen molar-refractivity contribution < 1.29 is 23.4 Å². The van der Waals surface area contributed by atoms with Gasteiger partial charge in [-0.25, -0.2) is 9.18 Å². The van der Waals surface area contributed by atoms with Gasteiger partial charge in [0.05, 0.1) is 5.60 Å². The molecular weight excluding hydrogens is 553 g/mol. The minimum absolute atomic E-state index is 0.0108. The summed E-state index contributed by atoms with van der Waals surface area (Å²) in [7, 11) is 0. The monoisotopic (exact) mass is 585 g/mol. The van der Waals surface area contributed by atoms with E-state index in [1.165, 1.54) is 6.07 Å². The van der Waals surface area contributed by atoms with Gasteiger partial charge >= 0.3 is 5.63 Å². The molecule has 2 atom stereocenters. The molecule has 3 aromatic rings. The van der Waals surface area contributed by atoms with Gasteiger partial charge in [0.1, 0.15) is 23.8 Å². The van der Waals surface area contributed by atoms with E-state index in [9.17, 15) is 19.1 Å². The molecule has 1 N–H and O–H groups in total. The summed E-state index contributed by atoms with van der Waals surface area (Å²) in [5.74, 6) is 0.300. The molecule has 202 valence electrons. The van der Waals surface area contributed by atoms with Gasteiger partial charge in [-0.15, -0.1) is 0 Å². The Balaban J connectivity index is 1.29. The van der Waals surface area contributed by atoms with Crippen molar-refractivity contribution in [3.8, 4) is 5.75 Å². The van der Waals surface area contributed by atoms with E-state index in [0.29, 0.717) is 58.4 Å². The molecule has 38 heavy (non-hydrogen) atoms. The Morgan fingerprint density at radius 1 is 1.21 bits per heavy atom. The first-order valence-electron chi connectivity index (χ1n) is 13.3. The van der Waals surface area contributed by atoms with Crippen molar-refractivity contribution in [1.29, 1.82) is 0 Å². The maximum atomic E-state index is 14.2. The van der Waals surface area contributed by atoms with Crippen LogP contribution in [0, 0.1) is 25.6 Å². The number of likely N-dealkylation sites (tertiary alicyclic amines) is 1. The zero-order valence-corrected chi connectivity index (χ0v) is 23.4. The van der Waals surface area contributed by atoms with Crippen molar-refractivity contribution in [1.82, 2.24) is 4.90 Å². The Morgan fingerprint density at radius 3 is 2.82 bits per heavy atom. The Kier molecular flexibility index (Phi) is 7.65. The highest BCUT2D eigenvalue weighted by Gasteiger charge is 2.43. The first kappa shape index (κ1) is 26.9. The average Bonchev–Trinajstić information content (AvgIpc) is 2.88. The molecule has 2 aromatic carbocycles. The fourth-order valence-electron chi connectivity index (χ4n) is 6.00. The van der Waals surface area contributed by atoms with Gasteiger partial charge in [0.25, 0.3) is 0 Å². The number of halogens is 2. The van der Waals surface area contributed by atoms with Crippen LogP contribution in [0.15, 0.2) is 44.0 Å². The average molecular weight is 586 g/mol. The number of hydrogen-bond donors (Lipinski definition) is 1. The van der Waals surface area contributed by atoms with Crippen LogP contribution in [0.25, 0.3) is 11.0 Å². The number of piperidine rings is 1. The number of rotatable bonds is 6. The number of ether oxygens (including phenoxy) is 1. The summed E-state index contributed by atoms with van der Waals surface area (Å²) in [6.07, 6.45) is 5.07. The zero-order chi connectivity index (χ0) is 27.0. The highest BCUT2D eigenvalue weighted by atomic mass is 79.9. The summed E-state index contributed by atoms with van der Waals surface area (Å²) >= 11 is 3.25. The standard InChI is InChI=1S/C30H33BrFNO5/c1-18-23-8-10-26(37-17-20-6-7-22(31)15-25(20)32)19(2)28(23)38-29(35)24(18)9-11-27(34)33-14-13-30(36)12-4-3-5-21(30)16-33/h6-8,10,15,21,36H,3-5,9,11-14,16-17H2,1-2H3/t21-,30+/m0/s1. The Labute approximate surface area is 229 Å². The van der Waals surface area contributed by atoms with Crippen LogP contribution in [0.3, 0.4) is 0 Å². The van der Waals surface area contributed by atoms with Crippen molar-refractivity contribution in [2.75, 3.05) is 13.1 Å². The van der Waals surface area contributed by atoms with Gasteiger partial charge in [-0.3, -0.25) is 4.79 Å². The molecule has 0 bridgehead atoms. The first-order chi connectivity index (χ1) is 18.2. The Bertz CT molecular complexity index is 1440. The van der Waals surface area contributed by atoms with Crippen LogP contribution in [0.5, 0.6) is 5.75 Å². The smallest absolute Gasteiger partial charge is 0.339 e. The van der Waals surface area contributed by atoms with Crippen molar-refractivity contribution >= 4 is 32.8 Å². The van der Waals surface area contributed by atoms with E-state index in [2.05, 4.69) is 15.9 Å². The van der Waals surface area contributed by atoms with Crippen molar-refractivity contribution in [3.63, 3.8) is 0 Å². The molecule has 0 unspecified atom stereocenters. The lowest BCUT2D eigenvalue weighted by molar-refractivity contribution is -0.143. The summed E-state index contributed by atoms with van der Waals surface area (Å²) in [4.78, 5) is 27.9. The maximum Gasteiger partial charge on any atom is 0.339 e. The van der Waals surface area contributed by atoms with Crippen LogP contribution < -0.4 is 10.4 Å². The minimum Gasteiger partial charge on any atom is -0.488 e. The van der Waals surface area contributed by atoms with E-state index in [-0.39, 0.29) is 30.7 Å². The number of carbonyl (C=O) groups is 1. The summed E-state index contributed by atoms with van der Waals surface area (Å²) in [5.41, 5.74) is 1.73. The molecule has 1 aromatic heterocycles. The molecule has 1 saturated carbocycles. The van der Waals surface area contributed by atoms with Gasteiger partial charge in [0.2, 0.25) is 5.91 Å². The number of fused-ring (bicyclic) bond motifs is 2. The van der Waals surface area contributed by atoms with E-state index in [1.807, 2.05) is 24.8 Å². The summed E-state index contributed by atoms with van der Waals surface area (Å²) in [6.45, 7) is 4.88. The van der Waals surface area contributed by atoms with E-state index >= 15 is 0 Å². The topological polar surface area (TPSA) is 80.0 Å². The molecule has 2 heterocycles. The molecule has 0 radical (unpaired) electrons. The number of amides is 1. The minimum atomic E-state index is -0.627. The van der Waals surface area contributed by atoms with Crippen LogP contribution >= 0.6 is 15.9 Å². The lowest BCUT2D eigenvalue weighted by Gasteiger charge is -2.47. The van der Waals surface area contributed by atoms with Gasteiger partial charge in [-0.2, -0.15) is 0 Å². The largest absolute Gasteiger partial charge is 0.488 e.